The number of fused-ring (bicyclic) bond motifs is 2. The zero-order valence-corrected chi connectivity index (χ0v) is 13.4. The zero-order chi connectivity index (χ0) is 15.8. The number of nitrogens with one attached hydrogen (secondary N) is 1. The van der Waals surface area contributed by atoms with Crippen LogP contribution in [0.5, 0.6) is 0 Å². The highest BCUT2D eigenvalue weighted by atomic mass is 14.7. The van der Waals surface area contributed by atoms with Gasteiger partial charge in [-0.1, -0.05) is 23.8 Å². The maximum atomic E-state index is 9.27. The molecule has 0 saturated heterocycles. The molecule has 1 heterocycles. The summed E-state index contributed by atoms with van der Waals surface area (Å²) in [6.07, 6.45) is 5.41. The van der Waals surface area contributed by atoms with Crippen LogP contribution in [0.2, 0.25) is 0 Å². The highest BCUT2D eigenvalue weighted by molar-refractivity contribution is 5.91. The summed E-state index contributed by atoms with van der Waals surface area (Å²) in [5, 5.41) is 10.4. The largest absolute Gasteiger partial charge is 0.354 e. The van der Waals surface area contributed by atoms with Crippen molar-refractivity contribution < 1.29 is 0 Å². The van der Waals surface area contributed by atoms with Crippen molar-refractivity contribution >= 4 is 10.9 Å². The fourth-order valence-electron chi connectivity index (χ4n) is 3.76. The number of benzene rings is 2. The van der Waals surface area contributed by atoms with Gasteiger partial charge in [-0.3, -0.25) is 0 Å². The van der Waals surface area contributed by atoms with Crippen LogP contribution in [-0.4, -0.2) is 4.98 Å². The molecule has 1 aliphatic carbocycles. The van der Waals surface area contributed by atoms with E-state index in [1.807, 2.05) is 0 Å². The normalized spacial score (nSPS) is 13.7. The molecule has 1 aliphatic rings. The molecule has 0 aliphatic heterocycles. The Morgan fingerprint density at radius 1 is 1.04 bits per heavy atom. The first-order valence-electron chi connectivity index (χ1n) is 8.36. The lowest BCUT2D eigenvalue weighted by Crippen LogP contribution is -2.02. The fourth-order valence-corrected chi connectivity index (χ4v) is 3.76. The minimum Gasteiger partial charge on any atom is -0.354 e. The summed E-state index contributed by atoms with van der Waals surface area (Å²) < 4.78 is 0. The maximum absolute atomic E-state index is 9.27. The summed E-state index contributed by atoms with van der Waals surface area (Å²) in [6, 6.07) is 15.6. The van der Waals surface area contributed by atoms with Crippen LogP contribution in [0.1, 0.15) is 35.1 Å². The van der Waals surface area contributed by atoms with Gasteiger partial charge in [0.2, 0.25) is 0 Å². The van der Waals surface area contributed by atoms with Crippen LogP contribution in [0.25, 0.3) is 22.2 Å². The molecule has 23 heavy (non-hydrogen) atoms. The van der Waals surface area contributed by atoms with Gasteiger partial charge in [0.1, 0.15) is 0 Å². The van der Waals surface area contributed by atoms with Crippen molar-refractivity contribution in [3.05, 3.63) is 58.7 Å². The molecule has 2 heteroatoms. The van der Waals surface area contributed by atoms with Crippen molar-refractivity contribution in [2.45, 2.75) is 39.0 Å². The third-order valence-electron chi connectivity index (χ3n) is 4.95. The third-order valence-corrected chi connectivity index (χ3v) is 4.95. The molecule has 114 valence electrons. The van der Waals surface area contributed by atoms with E-state index < -0.39 is 0 Å². The van der Waals surface area contributed by atoms with Gasteiger partial charge in [0.05, 0.1) is 18.2 Å². The molecule has 3 aromatic rings. The average Bonchev–Trinajstić information content (AvgIpc) is 2.93. The van der Waals surface area contributed by atoms with E-state index in [-0.39, 0.29) is 0 Å². The summed E-state index contributed by atoms with van der Waals surface area (Å²) in [7, 11) is 0. The van der Waals surface area contributed by atoms with E-state index in [0.29, 0.717) is 6.42 Å². The lowest BCUT2D eigenvalue weighted by atomic mass is 9.89. The molecule has 0 saturated carbocycles. The predicted octanol–water partition coefficient (Wildman–Crippen LogP) is 5.09. The Morgan fingerprint density at radius 2 is 1.87 bits per heavy atom. The molecule has 0 unspecified atom stereocenters. The molecule has 2 nitrogen and oxygen atoms in total. The van der Waals surface area contributed by atoms with Gasteiger partial charge in [0, 0.05) is 10.9 Å². The lowest BCUT2D eigenvalue weighted by Gasteiger charge is -2.16. The minimum absolute atomic E-state index is 0.440. The Kier molecular flexibility index (Phi) is 3.42. The molecule has 0 amide bonds. The number of nitriles is 1. The molecule has 0 atom stereocenters. The highest BCUT2D eigenvalue weighted by Gasteiger charge is 2.16. The molecule has 0 spiro atoms. The minimum atomic E-state index is 0.440. The van der Waals surface area contributed by atoms with Gasteiger partial charge < -0.3 is 4.98 Å². The fraction of sp³-hybridized carbons (Fsp3) is 0.286. The second kappa shape index (κ2) is 5.59. The summed E-state index contributed by atoms with van der Waals surface area (Å²) in [4.78, 5) is 3.55. The lowest BCUT2D eigenvalue weighted by molar-refractivity contribution is 0.686. The van der Waals surface area contributed by atoms with Gasteiger partial charge in [-0.2, -0.15) is 5.26 Å². The van der Waals surface area contributed by atoms with Gasteiger partial charge in [-0.05, 0) is 73.1 Å². The number of rotatable bonds is 2. The Morgan fingerprint density at radius 3 is 2.70 bits per heavy atom. The molecular formula is C21H20N2. The number of hydrogen-bond donors (Lipinski definition) is 1. The van der Waals surface area contributed by atoms with E-state index in [1.165, 1.54) is 53.3 Å². The first-order chi connectivity index (χ1) is 11.3. The molecular weight excluding hydrogens is 280 g/mol. The second-order valence-corrected chi connectivity index (χ2v) is 6.55. The highest BCUT2D eigenvalue weighted by Crippen LogP contribution is 2.33. The van der Waals surface area contributed by atoms with Crippen molar-refractivity contribution in [1.82, 2.24) is 4.98 Å². The quantitative estimate of drug-likeness (QED) is 0.703. The van der Waals surface area contributed by atoms with Crippen LogP contribution in [0.15, 0.2) is 36.4 Å². The van der Waals surface area contributed by atoms with Gasteiger partial charge in [0.25, 0.3) is 0 Å². The molecule has 2 aromatic carbocycles. The van der Waals surface area contributed by atoms with Crippen molar-refractivity contribution in [1.29, 1.82) is 5.26 Å². The van der Waals surface area contributed by atoms with Crippen LogP contribution >= 0.6 is 0 Å². The first kappa shape index (κ1) is 14.1. The Bertz CT molecular complexity index is 925. The van der Waals surface area contributed by atoms with Gasteiger partial charge in [-0.15, -0.1) is 0 Å². The van der Waals surface area contributed by atoms with Crippen LogP contribution in [0.3, 0.4) is 0 Å². The number of aromatic amines is 1. The van der Waals surface area contributed by atoms with Crippen molar-refractivity contribution in [2.24, 2.45) is 0 Å². The van der Waals surface area contributed by atoms with Crippen LogP contribution in [0.4, 0.5) is 0 Å². The smallest absolute Gasteiger partial charge is 0.0670 e. The summed E-state index contributed by atoms with van der Waals surface area (Å²) in [5.41, 5.74) is 8.77. The summed E-state index contributed by atoms with van der Waals surface area (Å²) in [5.74, 6) is 0. The maximum Gasteiger partial charge on any atom is 0.0670 e. The third kappa shape index (κ3) is 2.43. The Labute approximate surface area is 136 Å². The first-order valence-corrected chi connectivity index (χ1v) is 8.36. The van der Waals surface area contributed by atoms with E-state index in [1.54, 1.807) is 0 Å². The van der Waals surface area contributed by atoms with Crippen molar-refractivity contribution in [3.63, 3.8) is 0 Å². The number of aryl methyl sites for hydroxylation is 3. The van der Waals surface area contributed by atoms with Crippen molar-refractivity contribution in [2.75, 3.05) is 0 Å². The van der Waals surface area contributed by atoms with E-state index >= 15 is 0 Å². The van der Waals surface area contributed by atoms with E-state index in [9.17, 15) is 5.26 Å². The van der Waals surface area contributed by atoms with E-state index in [0.717, 1.165) is 16.8 Å². The topological polar surface area (TPSA) is 39.6 Å². The predicted molar refractivity (Wildman–Crippen MR) is 94.4 cm³/mol. The van der Waals surface area contributed by atoms with Crippen LogP contribution in [0, 0.1) is 18.3 Å². The number of nitrogens with zero attached hydrogens (tertiary/aromatic N) is 1. The Balaban J connectivity index is 1.91. The van der Waals surface area contributed by atoms with Gasteiger partial charge in [0.15, 0.2) is 0 Å². The Hall–Kier alpha value is -2.53. The van der Waals surface area contributed by atoms with Gasteiger partial charge >= 0.3 is 0 Å². The second-order valence-electron chi connectivity index (χ2n) is 6.55. The van der Waals surface area contributed by atoms with Crippen molar-refractivity contribution in [3.8, 4) is 17.3 Å². The monoisotopic (exact) mass is 300 g/mol. The van der Waals surface area contributed by atoms with Crippen LogP contribution in [-0.2, 0) is 19.3 Å². The van der Waals surface area contributed by atoms with E-state index in [4.69, 9.17) is 0 Å². The van der Waals surface area contributed by atoms with Gasteiger partial charge in [-0.25, -0.2) is 0 Å². The average molecular weight is 300 g/mol. The molecule has 4 rings (SSSR count). The number of H-pyrrole nitrogens is 1. The zero-order valence-electron chi connectivity index (χ0n) is 13.4. The number of aromatic nitrogens is 1. The molecule has 0 bridgehead atoms. The molecule has 0 fully saturated rings. The SMILES string of the molecule is Cc1ccc2[nH]c(-c3ccc4c(c3)CCCC4)c(CC#N)c2c1. The molecule has 1 aromatic heterocycles. The molecule has 0 radical (unpaired) electrons. The van der Waals surface area contributed by atoms with E-state index in [2.05, 4.69) is 54.4 Å². The number of hydrogen-bond acceptors (Lipinski definition) is 1. The van der Waals surface area contributed by atoms with Crippen LogP contribution < -0.4 is 0 Å². The summed E-state index contributed by atoms with van der Waals surface area (Å²) in [6.45, 7) is 2.10. The summed E-state index contributed by atoms with van der Waals surface area (Å²) >= 11 is 0. The standard InChI is InChI=1S/C21H20N2/c1-14-6-9-20-19(12-14)18(10-11-22)21(23-20)17-8-7-15-4-2-3-5-16(15)13-17/h6-9,12-13,23H,2-5,10H2,1H3. The molecule has 1 N–H and O–H groups in total.